The maximum atomic E-state index is 5.00. The molecule has 0 bridgehead atoms. The molecule has 0 radical (unpaired) electrons. The minimum atomic E-state index is 0.123. The van der Waals surface area contributed by atoms with Gasteiger partial charge in [-0.3, -0.25) is 0 Å². The van der Waals surface area contributed by atoms with E-state index in [1.807, 2.05) is 12.1 Å². The van der Waals surface area contributed by atoms with Gasteiger partial charge in [0.05, 0.1) is 18.8 Å². The van der Waals surface area contributed by atoms with Crippen LogP contribution in [0, 0.1) is 0 Å². The summed E-state index contributed by atoms with van der Waals surface area (Å²) >= 11 is 0. The smallest absolute Gasteiger partial charge is 0.233 e. The van der Waals surface area contributed by atoms with Gasteiger partial charge in [-0.2, -0.15) is 0 Å². The number of rotatable bonds is 6. The first-order valence-electron chi connectivity index (χ1n) is 5.93. The molecule has 1 heterocycles. The molecule has 0 fully saturated rings. The summed E-state index contributed by atoms with van der Waals surface area (Å²) in [6.45, 7) is 7.27. The average Bonchev–Trinajstić information content (AvgIpc) is 2.34. The molecular formula is C13H21N3O. The molecule has 1 aromatic heterocycles. The number of hydrogen-bond acceptors (Lipinski definition) is 4. The van der Waals surface area contributed by atoms with Crippen molar-refractivity contribution in [1.29, 1.82) is 0 Å². The van der Waals surface area contributed by atoms with E-state index in [-0.39, 0.29) is 6.04 Å². The second kappa shape index (κ2) is 7.01. The molecule has 1 unspecified atom stereocenters. The van der Waals surface area contributed by atoms with E-state index in [1.165, 1.54) is 5.57 Å². The van der Waals surface area contributed by atoms with E-state index >= 15 is 0 Å². The third-order valence-electron chi connectivity index (χ3n) is 2.30. The van der Waals surface area contributed by atoms with Crippen molar-refractivity contribution in [2.24, 2.45) is 0 Å². The number of aromatic nitrogens is 2. The van der Waals surface area contributed by atoms with Crippen molar-refractivity contribution in [2.75, 3.05) is 13.7 Å². The van der Waals surface area contributed by atoms with Gasteiger partial charge in [-0.25, -0.2) is 0 Å². The van der Waals surface area contributed by atoms with Crippen molar-refractivity contribution in [3.05, 3.63) is 29.5 Å². The van der Waals surface area contributed by atoms with Crippen molar-refractivity contribution in [2.45, 2.75) is 33.2 Å². The quantitative estimate of drug-likeness (QED) is 0.770. The lowest BCUT2D eigenvalue weighted by Gasteiger charge is -2.14. The highest BCUT2D eigenvalue weighted by Gasteiger charge is 2.09. The number of ether oxygens (including phenoxy) is 1. The molecule has 0 spiro atoms. The van der Waals surface area contributed by atoms with Crippen LogP contribution in [0.4, 0.5) is 0 Å². The zero-order valence-corrected chi connectivity index (χ0v) is 11.0. The summed E-state index contributed by atoms with van der Waals surface area (Å²) in [4.78, 5) is 0. The molecule has 1 aromatic rings. The van der Waals surface area contributed by atoms with Crippen molar-refractivity contribution in [1.82, 2.24) is 15.5 Å². The van der Waals surface area contributed by atoms with E-state index in [0.29, 0.717) is 5.88 Å². The minimum Gasteiger partial charge on any atom is -0.480 e. The molecular weight excluding hydrogens is 214 g/mol. The van der Waals surface area contributed by atoms with Gasteiger partial charge in [-0.05, 0) is 32.9 Å². The predicted molar refractivity (Wildman–Crippen MR) is 69.0 cm³/mol. The lowest BCUT2D eigenvalue weighted by Crippen LogP contribution is -2.22. The monoisotopic (exact) mass is 235 g/mol. The third-order valence-corrected chi connectivity index (χ3v) is 2.30. The van der Waals surface area contributed by atoms with Gasteiger partial charge in [-0.1, -0.05) is 18.6 Å². The maximum Gasteiger partial charge on any atom is 0.233 e. The van der Waals surface area contributed by atoms with Crippen LogP contribution >= 0.6 is 0 Å². The van der Waals surface area contributed by atoms with Gasteiger partial charge in [0.15, 0.2) is 0 Å². The summed E-state index contributed by atoms with van der Waals surface area (Å²) in [5, 5.41) is 11.6. The van der Waals surface area contributed by atoms with Crippen LogP contribution in [0.25, 0.3) is 0 Å². The highest BCUT2D eigenvalue weighted by Crippen LogP contribution is 2.15. The molecule has 94 valence electrons. The molecule has 0 saturated carbocycles. The normalized spacial score (nSPS) is 12.0. The Morgan fingerprint density at radius 1 is 1.41 bits per heavy atom. The van der Waals surface area contributed by atoms with E-state index in [4.69, 9.17) is 4.74 Å². The first-order chi connectivity index (χ1) is 8.17. The maximum absolute atomic E-state index is 5.00. The zero-order valence-electron chi connectivity index (χ0n) is 11.0. The van der Waals surface area contributed by atoms with E-state index in [1.54, 1.807) is 7.11 Å². The molecule has 4 heteroatoms. The molecule has 0 aromatic carbocycles. The Morgan fingerprint density at radius 3 is 2.65 bits per heavy atom. The summed E-state index contributed by atoms with van der Waals surface area (Å²) in [7, 11) is 1.59. The zero-order chi connectivity index (χ0) is 12.7. The highest BCUT2D eigenvalue weighted by molar-refractivity contribution is 5.19. The van der Waals surface area contributed by atoms with Crippen LogP contribution in [0.3, 0.4) is 0 Å². The van der Waals surface area contributed by atoms with Crippen LogP contribution in [0.2, 0.25) is 0 Å². The van der Waals surface area contributed by atoms with Gasteiger partial charge < -0.3 is 10.1 Å². The Morgan fingerprint density at radius 2 is 2.18 bits per heavy atom. The van der Waals surface area contributed by atoms with Crippen LogP contribution in [0.15, 0.2) is 23.8 Å². The van der Waals surface area contributed by atoms with Crippen molar-refractivity contribution in [3.63, 3.8) is 0 Å². The first kappa shape index (κ1) is 13.6. The Bertz CT molecular complexity index is 355. The number of methoxy groups -OCH3 is 1. The summed E-state index contributed by atoms with van der Waals surface area (Å²) in [6.07, 6.45) is 3.25. The van der Waals surface area contributed by atoms with Gasteiger partial charge in [-0.15, -0.1) is 10.2 Å². The van der Waals surface area contributed by atoms with Crippen LogP contribution in [-0.2, 0) is 0 Å². The Balaban J connectivity index is 2.83. The molecule has 17 heavy (non-hydrogen) atoms. The van der Waals surface area contributed by atoms with E-state index in [0.717, 1.165) is 18.7 Å². The molecule has 1 N–H and O–H groups in total. The minimum absolute atomic E-state index is 0.123. The largest absolute Gasteiger partial charge is 0.480 e. The molecule has 4 nitrogen and oxygen atoms in total. The Labute approximate surface area is 103 Å². The van der Waals surface area contributed by atoms with Gasteiger partial charge in [0.25, 0.3) is 0 Å². The number of allylic oxidation sites excluding steroid dienone is 1. The summed E-state index contributed by atoms with van der Waals surface area (Å²) in [6, 6.07) is 3.90. The van der Waals surface area contributed by atoms with Crippen LogP contribution in [0.1, 0.15) is 38.9 Å². The lowest BCUT2D eigenvalue weighted by atomic mass is 10.1. The molecule has 0 amide bonds. The number of nitrogens with zero attached hydrogens (tertiary/aromatic N) is 2. The summed E-state index contributed by atoms with van der Waals surface area (Å²) in [5.74, 6) is 0.542. The predicted octanol–water partition coefficient (Wildman–Crippen LogP) is 2.49. The molecule has 0 aliphatic rings. The second-order valence-electron chi connectivity index (χ2n) is 4.18. The second-order valence-corrected chi connectivity index (χ2v) is 4.18. The molecule has 1 atom stereocenters. The van der Waals surface area contributed by atoms with Gasteiger partial charge >= 0.3 is 0 Å². The summed E-state index contributed by atoms with van der Waals surface area (Å²) in [5.41, 5.74) is 2.18. The Hall–Kier alpha value is -1.42. The fourth-order valence-corrected chi connectivity index (χ4v) is 1.49. The topological polar surface area (TPSA) is 47.0 Å². The van der Waals surface area contributed by atoms with Crippen LogP contribution in [-0.4, -0.2) is 23.9 Å². The molecule has 1 rings (SSSR count). The van der Waals surface area contributed by atoms with Crippen molar-refractivity contribution >= 4 is 0 Å². The Kier molecular flexibility index (Phi) is 5.63. The molecule has 0 aliphatic carbocycles. The van der Waals surface area contributed by atoms with Crippen LogP contribution in [0.5, 0.6) is 5.88 Å². The van der Waals surface area contributed by atoms with Crippen LogP contribution < -0.4 is 10.1 Å². The van der Waals surface area contributed by atoms with Gasteiger partial charge in [0, 0.05) is 6.07 Å². The molecule has 0 saturated heterocycles. The molecule has 0 aliphatic heterocycles. The third kappa shape index (κ3) is 4.53. The fraction of sp³-hybridized carbons (Fsp3) is 0.538. The summed E-state index contributed by atoms with van der Waals surface area (Å²) < 4.78 is 5.00. The highest BCUT2D eigenvalue weighted by atomic mass is 16.5. The number of hydrogen-bond donors (Lipinski definition) is 1. The standard InChI is InChI=1S/C13H21N3O/c1-5-8-14-12(9-10(2)3)11-6-7-13(17-4)16-15-11/h6-7,9,12,14H,5,8H2,1-4H3. The van der Waals surface area contributed by atoms with E-state index < -0.39 is 0 Å². The average molecular weight is 235 g/mol. The fourth-order valence-electron chi connectivity index (χ4n) is 1.49. The van der Waals surface area contributed by atoms with Crippen molar-refractivity contribution in [3.8, 4) is 5.88 Å². The number of nitrogens with one attached hydrogen (secondary N) is 1. The van der Waals surface area contributed by atoms with Gasteiger partial charge in [0.2, 0.25) is 5.88 Å². The first-order valence-corrected chi connectivity index (χ1v) is 5.93. The lowest BCUT2D eigenvalue weighted by molar-refractivity contribution is 0.390. The SMILES string of the molecule is CCCNC(C=C(C)C)c1ccc(OC)nn1. The van der Waals surface area contributed by atoms with Gasteiger partial charge in [0.1, 0.15) is 0 Å². The van der Waals surface area contributed by atoms with Crippen molar-refractivity contribution < 1.29 is 4.74 Å². The van der Waals surface area contributed by atoms with E-state index in [9.17, 15) is 0 Å². The van der Waals surface area contributed by atoms with E-state index in [2.05, 4.69) is 42.4 Å².